The van der Waals surface area contributed by atoms with E-state index < -0.39 is 0 Å². The van der Waals surface area contributed by atoms with Crippen LogP contribution in [0.15, 0.2) is 53.4 Å². The van der Waals surface area contributed by atoms with Gasteiger partial charge < -0.3 is 9.64 Å². The highest BCUT2D eigenvalue weighted by molar-refractivity contribution is 7.07. The minimum absolute atomic E-state index is 0.238. The highest BCUT2D eigenvalue weighted by atomic mass is 32.1. The van der Waals surface area contributed by atoms with E-state index in [-0.39, 0.29) is 23.0 Å². The molecular weight excluding hydrogens is 418 g/mol. The SMILES string of the molecule is COc1cc(F)ccc1-c1cscn1.O=C(N1CCCC1)C1(c2ccc(F)cc2)CC1. The lowest BCUT2D eigenvalue weighted by Crippen LogP contribution is -2.37. The lowest BCUT2D eigenvalue weighted by atomic mass is 9.94. The number of likely N-dealkylation sites (tertiary alicyclic amines) is 1. The standard InChI is InChI=1S/C14H16FNO.C10H8FNOS/c15-12-5-3-11(4-6-12)14(7-8-14)13(17)16-9-1-2-10-16;1-13-10-4-7(11)2-3-8(10)9-5-14-6-12-9/h3-6H,1-2,7-10H2;2-6H,1H3. The first kappa shape index (κ1) is 21.4. The van der Waals surface area contributed by atoms with Gasteiger partial charge in [0.05, 0.1) is 23.7 Å². The van der Waals surface area contributed by atoms with Crippen LogP contribution in [0.4, 0.5) is 8.78 Å². The van der Waals surface area contributed by atoms with Crippen molar-refractivity contribution >= 4 is 17.2 Å². The molecule has 0 unspecified atom stereocenters. The molecular formula is C24H24F2N2O2S. The Morgan fingerprint density at radius 2 is 1.74 bits per heavy atom. The molecule has 5 rings (SSSR count). The Balaban J connectivity index is 0.000000152. The van der Waals surface area contributed by atoms with E-state index in [1.807, 2.05) is 10.3 Å². The lowest BCUT2D eigenvalue weighted by Gasteiger charge is -2.23. The predicted octanol–water partition coefficient (Wildman–Crippen LogP) is 5.44. The average Bonchev–Trinajstić information content (AvgIpc) is 3.18. The van der Waals surface area contributed by atoms with Crippen molar-refractivity contribution in [2.75, 3.05) is 20.2 Å². The van der Waals surface area contributed by atoms with Crippen LogP contribution in [0.2, 0.25) is 0 Å². The predicted molar refractivity (Wildman–Crippen MR) is 117 cm³/mol. The summed E-state index contributed by atoms with van der Waals surface area (Å²) in [6, 6.07) is 10.8. The molecule has 1 saturated heterocycles. The van der Waals surface area contributed by atoms with Crippen molar-refractivity contribution in [2.24, 2.45) is 0 Å². The molecule has 2 fully saturated rings. The van der Waals surface area contributed by atoms with E-state index in [0.29, 0.717) is 5.75 Å². The van der Waals surface area contributed by atoms with Crippen molar-refractivity contribution in [1.29, 1.82) is 0 Å². The zero-order valence-corrected chi connectivity index (χ0v) is 18.1. The summed E-state index contributed by atoms with van der Waals surface area (Å²) in [5, 5.41) is 1.90. The maximum atomic E-state index is 12.9. The fraction of sp³-hybridized carbons (Fsp3) is 0.333. The molecule has 1 aliphatic carbocycles. The Hall–Kier alpha value is -2.80. The molecule has 4 nitrogen and oxygen atoms in total. The Morgan fingerprint density at radius 1 is 1.06 bits per heavy atom. The number of hydrogen-bond donors (Lipinski definition) is 0. The van der Waals surface area contributed by atoms with Crippen LogP contribution in [0.3, 0.4) is 0 Å². The van der Waals surface area contributed by atoms with Crippen molar-refractivity contribution in [3.63, 3.8) is 0 Å². The number of halogens is 2. The van der Waals surface area contributed by atoms with Gasteiger partial charge in [-0.1, -0.05) is 12.1 Å². The van der Waals surface area contributed by atoms with Crippen LogP contribution < -0.4 is 4.74 Å². The molecule has 1 amide bonds. The molecule has 2 heterocycles. The molecule has 0 bridgehead atoms. The molecule has 7 heteroatoms. The monoisotopic (exact) mass is 442 g/mol. The minimum atomic E-state index is -0.321. The zero-order chi connectivity index (χ0) is 21.8. The van der Waals surface area contributed by atoms with Crippen molar-refractivity contribution < 1.29 is 18.3 Å². The van der Waals surface area contributed by atoms with Crippen molar-refractivity contribution in [2.45, 2.75) is 31.1 Å². The van der Waals surface area contributed by atoms with Gasteiger partial charge in [0, 0.05) is 30.1 Å². The van der Waals surface area contributed by atoms with E-state index in [0.717, 1.165) is 55.6 Å². The Bertz CT molecular complexity index is 1030. The van der Waals surface area contributed by atoms with E-state index in [1.54, 1.807) is 23.7 Å². The van der Waals surface area contributed by atoms with E-state index in [2.05, 4.69) is 4.98 Å². The second-order valence-electron chi connectivity index (χ2n) is 7.81. The topological polar surface area (TPSA) is 42.4 Å². The van der Waals surface area contributed by atoms with Gasteiger partial charge in [0.1, 0.15) is 17.4 Å². The van der Waals surface area contributed by atoms with Gasteiger partial charge in [-0.25, -0.2) is 13.8 Å². The number of ether oxygens (including phenoxy) is 1. The third-order valence-corrected chi connectivity index (χ3v) is 6.41. The largest absolute Gasteiger partial charge is 0.496 e. The molecule has 1 aromatic heterocycles. The summed E-state index contributed by atoms with van der Waals surface area (Å²) in [4.78, 5) is 18.6. The van der Waals surface area contributed by atoms with Gasteiger partial charge in [0.15, 0.2) is 0 Å². The van der Waals surface area contributed by atoms with Gasteiger partial charge in [-0.2, -0.15) is 0 Å². The molecule has 1 aliphatic heterocycles. The van der Waals surface area contributed by atoms with E-state index >= 15 is 0 Å². The van der Waals surface area contributed by atoms with Crippen LogP contribution in [0, 0.1) is 11.6 Å². The quantitative estimate of drug-likeness (QED) is 0.541. The molecule has 162 valence electrons. The summed E-state index contributed by atoms with van der Waals surface area (Å²) < 4.78 is 30.9. The molecule has 0 radical (unpaired) electrons. The summed E-state index contributed by atoms with van der Waals surface area (Å²) in [6.07, 6.45) is 4.05. The molecule has 31 heavy (non-hydrogen) atoms. The molecule has 2 aliphatic rings. The number of carbonyl (C=O) groups is 1. The van der Waals surface area contributed by atoms with Crippen LogP contribution in [0.1, 0.15) is 31.2 Å². The number of thiazole rings is 1. The number of nitrogens with zero attached hydrogens (tertiary/aromatic N) is 2. The number of hydrogen-bond acceptors (Lipinski definition) is 4. The third-order valence-electron chi connectivity index (χ3n) is 5.82. The normalized spacial score (nSPS) is 16.4. The van der Waals surface area contributed by atoms with Gasteiger partial charge in [0.2, 0.25) is 5.91 Å². The van der Waals surface area contributed by atoms with Crippen molar-refractivity contribution in [3.05, 3.63) is 70.6 Å². The van der Waals surface area contributed by atoms with E-state index in [4.69, 9.17) is 4.74 Å². The third kappa shape index (κ3) is 4.61. The number of methoxy groups -OCH3 is 1. The first-order chi connectivity index (χ1) is 15.0. The molecule has 0 spiro atoms. The van der Waals surface area contributed by atoms with Crippen molar-refractivity contribution in [3.8, 4) is 17.0 Å². The fourth-order valence-corrected chi connectivity index (χ4v) is 4.52. The number of carbonyl (C=O) groups excluding carboxylic acids is 1. The Kier molecular flexibility index (Phi) is 6.32. The summed E-state index contributed by atoms with van der Waals surface area (Å²) in [5.41, 5.74) is 4.02. The first-order valence-corrected chi connectivity index (χ1v) is 11.3. The summed E-state index contributed by atoms with van der Waals surface area (Å²) >= 11 is 1.50. The Labute approximate surface area is 184 Å². The van der Waals surface area contributed by atoms with Gasteiger partial charge in [0.25, 0.3) is 0 Å². The van der Waals surface area contributed by atoms with Crippen LogP contribution in [-0.2, 0) is 10.2 Å². The average molecular weight is 443 g/mol. The number of amides is 1. The number of benzene rings is 2. The van der Waals surface area contributed by atoms with Crippen molar-refractivity contribution in [1.82, 2.24) is 9.88 Å². The van der Waals surface area contributed by atoms with Gasteiger partial charge >= 0.3 is 0 Å². The summed E-state index contributed by atoms with van der Waals surface area (Å²) in [7, 11) is 1.52. The first-order valence-electron chi connectivity index (χ1n) is 10.3. The summed E-state index contributed by atoms with van der Waals surface area (Å²) in [5.74, 6) is 0.219. The number of aromatic nitrogens is 1. The van der Waals surface area contributed by atoms with E-state index in [9.17, 15) is 13.6 Å². The smallest absolute Gasteiger partial charge is 0.233 e. The van der Waals surface area contributed by atoms with Crippen LogP contribution >= 0.6 is 11.3 Å². The van der Waals surface area contributed by atoms with Crippen LogP contribution in [0.25, 0.3) is 11.3 Å². The maximum Gasteiger partial charge on any atom is 0.233 e. The second-order valence-corrected chi connectivity index (χ2v) is 8.53. The van der Waals surface area contributed by atoms with Crippen LogP contribution in [-0.4, -0.2) is 36.0 Å². The molecule has 0 atom stereocenters. The second kappa shape index (κ2) is 9.14. The Morgan fingerprint density at radius 3 is 2.32 bits per heavy atom. The zero-order valence-electron chi connectivity index (χ0n) is 17.3. The van der Waals surface area contributed by atoms with Gasteiger partial charge in [-0.3, -0.25) is 4.79 Å². The van der Waals surface area contributed by atoms with Gasteiger partial charge in [-0.05, 0) is 55.5 Å². The molecule has 2 aromatic carbocycles. The molecule has 3 aromatic rings. The highest BCUT2D eigenvalue weighted by Gasteiger charge is 2.53. The van der Waals surface area contributed by atoms with Crippen LogP contribution in [0.5, 0.6) is 5.75 Å². The van der Waals surface area contributed by atoms with E-state index in [1.165, 1.54) is 42.7 Å². The summed E-state index contributed by atoms with van der Waals surface area (Å²) in [6.45, 7) is 1.78. The maximum absolute atomic E-state index is 12.9. The number of rotatable bonds is 4. The van der Waals surface area contributed by atoms with Gasteiger partial charge in [-0.15, -0.1) is 11.3 Å². The molecule has 0 N–H and O–H groups in total. The lowest BCUT2D eigenvalue weighted by molar-refractivity contribution is -0.132. The molecule has 1 saturated carbocycles. The minimum Gasteiger partial charge on any atom is -0.496 e. The highest BCUT2D eigenvalue weighted by Crippen LogP contribution is 2.50. The fourth-order valence-electron chi connectivity index (χ4n) is 3.97.